The van der Waals surface area contributed by atoms with Crippen molar-refractivity contribution in [3.8, 4) is 16.9 Å². The highest BCUT2D eigenvalue weighted by molar-refractivity contribution is 5.83. The fourth-order valence-electron chi connectivity index (χ4n) is 6.01. The Labute approximate surface area is 263 Å². The second kappa shape index (κ2) is 14.1. The lowest BCUT2D eigenvalue weighted by atomic mass is 9.92. The number of benzene rings is 2. The van der Waals surface area contributed by atoms with Crippen molar-refractivity contribution in [3.05, 3.63) is 81.7 Å². The normalized spacial score (nSPS) is 17.7. The van der Waals surface area contributed by atoms with Crippen molar-refractivity contribution in [1.82, 2.24) is 25.2 Å². The SMILES string of the molecule is CC(=N)NCC[C@@H]1CCC[C@@H](c2ccc(-n3cc4cc(-c5cc(CCC[C@@H](N)CF)cc(C(F)(F)F)c5F)[nH]c4nc3=O)cc2)N1. The van der Waals surface area contributed by atoms with Gasteiger partial charge in [-0.25, -0.2) is 13.6 Å². The molecule has 2 aromatic heterocycles. The summed E-state index contributed by atoms with van der Waals surface area (Å²) in [5.41, 5.74) is 5.32. The van der Waals surface area contributed by atoms with Gasteiger partial charge in [0.15, 0.2) is 0 Å². The minimum atomic E-state index is -4.93. The summed E-state index contributed by atoms with van der Waals surface area (Å²) >= 11 is 0. The van der Waals surface area contributed by atoms with Crippen LogP contribution in [0, 0.1) is 11.2 Å². The Balaban J connectivity index is 1.39. The van der Waals surface area contributed by atoms with Crippen molar-refractivity contribution in [3.63, 3.8) is 0 Å². The lowest BCUT2D eigenvalue weighted by Crippen LogP contribution is -2.39. The number of nitrogens with two attached hydrogens (primary N) is 1. The fraction of sp³-hybridized carbons (Fsp3) is 0.424. The van der Waals surface area contributed by atoms with Crippen molar-refractivity contribution in [2.24, 2.45) is 5.73 Å². The molecule has 8 nitrogen and oxygen atoms in total. The van der Waals surface area contributed by atoms with Gasteiger partial charge in [-0.15, -0.1) is 0 Å². The van der Waals surface area contributed by atoms with Gasteiger partial charge in [-0.3, -0.25) is 9.98 Å². The molecule has 0 spiro atoms. The van der Waals surface area contributed by atoms with E-state index in [1.165, 1.54) is 22.9 Å². The smallest absolute Gasteiger partial charge is 0.374 e. The van der Waals surface area contributed by atoms with Gasteiger partial charge in [0.05, 0.1) is 22.8 Å². The molecule has 4 aromatic rings. The zero-order valence-corrected chi connectivity index (χ0v) is 25.5. The lowest BCUT2D eigenvalue weighted by molar-refractivity contribution is -0.140. The van der Waals surface area contributed by atoms with Gasteiger partial charge < -0.3 is 21.4 Å². The molecule has 0 saturated carbocycles. The molecule has 6 N–H and O–H groups in total. The molecule has 1 aliphatic rings. The number of piperidine rings is 1. The van der Waals surface area contributed by atoms with E-state index in [2.05, 4.69) is 20.6 Å². The predicted molar refractivity (Wildman–Crippen MR) is 169 cm³/mol. The Morgan fingerprint density at radius 3 is 2.65 bits per heavy atom. The molecule has 13 heteroatoms. The van der Waals surface area contributed by atoms with Crippen molar-refractivity contribution >= 4 is 16.9 Å². The number of aromatic nitrogens is 3. The van der Waals surface area contributed by atoms with E-state index in [0.717, 1.165) is 43.9 Å². The number of H-pyrrole nitrogens is 1. The molecule has 0 radical (unpaired) electrons. The topological polar surface area (TPSA) is 125 Å². The Morgan fingerprint density at radius 2 is 1.96 bits per heavy atom. The van der Waals surface area contributed by atoms with Crippen LogP contribution in [0.5, 0.6) is 0 Å². The van der Waals surface area contributed by atoms with Crippen LogP contribution < -0.4 is 22.1 Å². The van der Waals surface area contributed by atoms with Gasteiger partial charge in [0.2, 0.25) is 0 Å². The number of rotatable bonds is 11. The summed E-state index contributed by atoms with van der Waals surface area (Å²) in [5.74, 6) is -0.990. The first-order chi connectivity index (χ1) is 21.9. The summed E-state index contributed by atoms with van der Waals surface area (Å²) in [4.78, 5) is 19.9. The molecular weight excluding hydrogens is 605 g/mol. The molecule has 0 aliphatic carbocycles. The van der Waals surface area contributed by atoms with E-state index in [4.69, 9.17) is 11.1 Å². The maximum absolute atomic E-state index is 15.3. The Bertz CT molecular complexity index is 1730. The molecule has 0 unspecified atom stereocenters. The minimum absolute atomic E-state index is 0.0456. The summed E-state index contributed by atoms with van der Waals surface area (Å²) < 4.78 is 70.7. The molecule has 5 rings (SSSR count). The first-order valence-electron chi connectivity index (χ1n) is 15.4. The average molecular weight is 644 g/mol. The van der Waals surface area contributed by atoms with Gasteiger partial charge in [-0.05, 0) is 86.9 Å². The van der Waals surface area contributed by atoms with Crippen LogP contribution in [0.1, 0.15) is 68.2 Å². The van der Waals surface area contributed by atoms with Crippen LogP contribution >= 0.6 is 0 Å². The molecular formula is C33H38F5N7O. The van der Waals surface area contributed by atoms with Crippen LogP contribution in [0.4, 0.5) is 22.0 Å². The third-order valence-electron chi connectivity index (χ3n) is 8.41. The zero-order chi connectivity index (χ0) is 33.0. The highest BCUT2D eigenvalue weighted by Gasteiger charge is 2.36. The molecule has 246 valence electrons. The monoisotopic (exact) mass is 643 g/mol. The molecule has 0 bridgehead atoms. The van der Waals surface area contributed by atoms with Crippen LogP contribution in [0.3, 0.4) is 0 Å². The molecule has 0 amide bonds. The third kappa shape index (κ3) is 7.81. The molecule has 1 saturated heterocycles. The van der Waals surface area contributed by atoms with Crippen LogP contribution in [-0.2, 0) is 12.6 Å². The summed E-state index contributed by atoms with van der Waals surface area (Å²) in [6, 6.07) is 10.9. The van der Waals surface area contributed by atoms with E-state index in [1.807, 2.05) is 24.3 Å². The molecule has 3 atom stereocenters. The number of fused-ring (bicyclic) bond motifs is 1. The van der Waals surface area contributed by atoms with E-state index in [1.54, 1.807) is 6.92 Å². The van der Waals surface area contributed by atoms with Gasteiger partial charge in [-0.1, -0.05) is 18.6 Å². The standard InChI is InChI=1S/C33H38F5N7O/c1-19(39)41-13-12-24-6-3-7-28(42-24)21-8-10-25(11-9-21)45-18-22-16-29(43-31(22)44-32(45)46)26-14-20(4-2-5-23(40)17-34)15-27(30(26)35)33(36,37)38/h8-11,14-16,18,23-24,28,42H,2-7,12-13,17,40H2,1H3,(H2,39,41)(H,43,44,46)/t23-,24+,28+/m1/s1. The predicted octanol–water partition coefficient (Wildman–Crippen LogP) is 6.32. The van der Waals surface area contributed by atoms with E-state index < -0.39 is 36.0 Å². The van der Waals surface area contributed by atoms with Gasteiger partial charge in [0, 0.05) is 41.8 Å². The summed E-state index contributed by atoms with van der Waals surface area (Å²) in [6.07, 6.45) is 1.38. The van der Waals surface area contributed by atoms with Crippen LogP contribution in [0.15, 0.2) is 53.5 Å². The Hall–Kier alpha value is -4.10. The maximum Gasteiger partial charge on any atom is 0.419 e. The van der Waals surface area contributed by atoms with Gasteiger partial charge in [0.1, 0.15) is 18.1 Å². The number of hydrogen-bond donors (Lipinski definition) is 5. The summed E-state index contributed by atoms with van der Waals surface area (Å²) in [7, 11) is 0. The Morgan fingerprint density at radius 1 is 1.20 bits per heavy atom. The first kappa shape index (κ1) is 33.3. The number of halogens is 5. The largest absolute Gasteiger partial charge is 0.419 e. The summed E-state index contributed by atoms with van der Waals surface area (Å²) in [5, 5.41) is 14.7. The molecule has 2 aromatic carbocycles. The highest BCUT2D eigenvalue weighted by atomic mass is 19.4. The molecule has 3 heterocycles. The lowest BCUT2D eigenvalue weighted by Gasteiger charge is -2.31. The van der Waals surface area contributed by atoms with Gasteiger partial charge in [-0.2, -0.15) is 18.2 Å². The number of aryl methyl sites for hydroxylation is 1. The molecule has 1 fully saturated rings. The van der Waals surface area contributed by atoms with Crippen LogP contribution in [-0.4, -0.2) is 45.7 Å². The second-order valence-corrected chi connectivity index (χ2v) is 12.0. The second-order valence-electron chi connectivity index (χ2n) is 12.0. The van der Waals surface area contributed by atoms with Crippen molar-refractivity contribution in [2.75, 3.05) is 13.2 Å². The zero-order valence-electron chi connectivity index (χ0n) is 25.5. The maximum atomic E-state index is 15.3. The highest BCUT2D eigenvalue weighted by Crippen LogP contribution is 2.37. The van der Waals surface area contributed by atoms with Crippen LogP contribution in [0.25, 0.3) is 28.0 Å². The number of aromatic amines is 1. The van der Waals surface area contributed by atoms with Crippen molar-refractivity contribution in [1.29, 1.82) is 5.41 Å². The van der Waals surface area contributed by atoms with E-state index >= 15 is 4.39 Å². The quantitative estimate of drug-likeness (QED) is 0.0744. The number of nitrogens with zero attached hydrogens (tertiary/aromatic N) is 2. The average Bonchev–Trinajstić information content (AvgIpc) is 3.43. The van der Waals surface area contributed by atoms with E-state index in [-0.39, 0.29) is 41.4 Å². The van der Waals surface area contributed by atoms with E-state index in [0.29, 0.717) is 29.4 Å². The van der Waals surface area contributed by atoms with Crippen molar-refractivity contribution in [2.45, 2.75) is 76.2 Å². The minimum Gasteiger partial charge on any atom is -0.374 e. The number of nitrogens with one attached hydrogen (secondary N) is 4. The summed E-state index contributed by atoms with van der Waals surface area (Å²) in [6.45, 7) is 1.71. The molecule has 1 aliphatic heterocycles. The van der Waals surface area contributed by atoms with Gasteiger partial charge >= 0.3 is 11.9 Å². The number of alkyl halides is 4. The number of hydrogen-bond acceptors (Lipinski definition) is 5. The van der Waals surface area contributed by atoms with Crippen LogP contribution in [0.2, 0.25) is 0 Å². The first-order valence-corrected chi connectivity index (χ1v) is 15.4. The van der Waals surface area contributed by atoms with Gasteiger partial charge in [0.25, 0.3) is 0 Å². The molecule has 46 heavy (non-hydrogen) atoms. The van der Waals surface area contributed by atoms with Crippen molar-refractivity contribution < 1.29 is 22.0 Å². The number of amidine groups is 1. The van der Waals surface area contributed by atoms with E-state index in [9.17, 15) is 22.4 Å². The Kier molecular flexibility index (Phi) is 10.2. The third-order valence-corrected chi connectivity index (χ3v) is 8.41. The fourth-order valence-corrected chi connectivity index (χ4v) is 6.01.